The number of amides is 2. The van der Waals surface area contributed by atoms with E-state index in [1.165, 1.54) is 23.1 Å². The average molecular weight is 380 g/mol. The summed E-state index contributed by atoms with van der Waals surface area (Å²) in [7, 11) is 1.58. The van der Waals surface area contributed by atoms with E-state index in [2.05, 4.69) is 15.3 Å². The van der Waals surface area contributed by atoms with Crippen LogP contribution in [-0.2, 0) is 16.1 Å². The third kappa shape index (κ3) is 3.24. The maximum absolute atomic E-state index is 13.5. The summed E-state index contributed by atoms with van der Waals surface area (Å²) in [5.74, 6) is -1.51. The van der Waals surface area contributed by atoms with E-state index in [1.807, 2.05) is 0 Å². The summed E-state index contributed by atoms with van der Waals surface area (Å²) in [6, 6.07) is 10.9. The number of H-pyrrole nitrogens is 1. The number of carbonyl (C=O) groups excluding carboxylic acids is 2. The predicted octanol–water partition coefficient (Wildman–Crippen LogP) is 2.15. The van der Waals surface area contributed by atoms with Crippen LogP contribution >= 0.6 is 0 Å². The molecule has 1 unspecified atom stereocenters. The lowest BCUT2D eigenvalue weighted by molar-refractivity contribution is -0.134. The van der Waals surface area contributed by atoms with Crippen LogP contribution in [0.1, 0.15) is 23.7 Å². The molecule has 28 heavy (non-hydrogen) atoms. The Balaban J connectivity index is 1.61. The zero-order valence-electron chi connectivity index (χ0n) is 15.0. The average Bonchev–Trinajstić information content (AvgIpc) is 2.66. The summed E-state index contributed by atoms with van der Waals surface area (Å²) in [5, 5.41) is 3.06. The number of benzene rings is 2. The lowest BCUT2D eigenvalue weighted by Crippen LogP contribution is -2.36. The smallest absolute Gasteiger partial charge is 0.258 e. The fourth-order valence-electron chi connectivity index (χ4n) is 3.44. The Hall–Kier alpha value is -3.55. The number of aromatic amines is 1. The molecule has 2 heterocycles. The van der Waals surface area contributed by atoms with Gasteiger partial charge in [0, 0.05) is 19.2 Å². The van der Waals surface area contributed by atoms with Crippen LogP contribution in [0.15, 0.2) is 47.3 Å². The van der Waals surface area contributed by atoms with Crippen molar-refractivity contribution >= 4 is 28.4 Å². The Morgan fingerprint density at radius 3 is 2.86 bits per heavy atom. The number of rotatable bonds is 3. The van der Waals surface area contributed by atoms with E-state index in [4.69, 9.17) is 0 Å². The van der Waals surface area contributed by atoms with Crippen molar-refractivity contribution in [1.29, 1.82) is 0 Å². The highest BCUT2D eigenvalue weighted by Gasteiger charge is 2.32. The number of fused-ring (bicyclic) bond motifs is 2. The van der Waals surface area contributed by atoms with Crippen molar-refractivity contribution < 1.29 is 14.0 Å². The second-order valence-corrected chi connectivity index (χ2v) is 6.76. The molecule has 2 N–H and O–H groups in total. The summed E-state index contributed by atoms with van der Waals surface area (Å²) >= 11 is 0. The molecule has 1 aliphatic rings. The molecule has 0 aliphatic carbocycles. The van der Waals surface area contributed by atoms with Crippen LogP contribution in [0.3, 0.4) is 0 Å². The van der Waals surface area contributed by atoms with Crippen LogP contribution in [0.2, 0.25) is 0 Å². The summed E-state index contributed by atoms with van der Waals surface area (Å²) in [6.45, 7) is 0.0769. The number of anilines is 1. The fourth-order valence-corrected chi connectivity index (χ4v) is 3.44. The minimum Gasteiger partial charge on any atom is -0.338 e. The number of nitrogens with one attached hydrogen (secondary N) is 2. The standard InChI is InChI=1S/C20H17FN4O3/c1-25(10-17-22-15-5-3-2-4-13(15)19(27)24-17)20(28)14-9-18(26)23-16-8-11(21)6-7-12(14)16/h2-8,14H,9-10H2,1H3,(H,23,26)(H,22,24,27). The molecule has 1 aliphatic heterocycles. The van der Waals surface area contributed by atoms with E-state index in [9.17, 15) is 18.8 Å². The minimum atomic E-state index is -0.721. The molecule has 0 bridgehead atoms. The molecule has 7 nitrogen and oxygen atoms in total. The monoisotopic (exact) mass is 380 g/mol. The van der Waals surface area contributed by atoms with Gasteiger partial charge < -0.3 is 15.2 Å². The molecular weight excluding hydrogens is 363 g/mol. The van der Waals surface area contributed by atoms with Crippen molar-refractivity contribution in [3.05, 3.63) is 70.0 Å². The van der Waals surface area contributed by atoms with Gasteiger partial charge in [0.25, 0.3) is 5.56 Å². The van der Waals surface area contributed by atoms with E-state index in [0.29, 0.717) is 28.0 Å². The zero-order chi connectivity index (χ0) is 19.8. The van der Waals surface area contributed by atoms with Gasteiger partial charge in [0.2, 0.25) is 11.8 Å². The fraction of sp³-hybridized carbons (Fsp3) is 0.200. The molecule has 0 saturated heterocycles. The zero-order valence-corrected chi connectivity index (χ0v) is 15.0. The maximum atomic E-state index is 13.5. The first kappa shape index (κ1) is 17.8. The van der Waals surface area contributed by atoms with E-state index in [0.717, 1.165) is 0 Å². The van der Waals surface area contributed by atoms with Gasteiger partial charge in [-0.1, -0.05) is 18.2 Å². The Bertz CT molecular complexity index is 1160. The summed E-state index contributed by atoms with van der Waals surface area (Å²) < 4.78 is 13.5. The third-order valence-electron chi connectivity index (χ3n) is 4.78. The summed E-state index contributed by atoms with van der Waals surface area (Å²) in [6.07, 6.45) is -0.0243. The number of carbonyl (C=O) groups is 2. The molecule has 0 fully saturated rings. The highest BCUT2D eigenvalue weighted by Crippen LogP contribution is 2.34. The molecule has 2 aromatic carbocycles. The van der Waals surface area contributed by atoms with Gasteiger partial charge in [0.15, 0.2) is 0 Å². The van der Waals surface area contributed by atoms with Gasteiger partial charge in [0.1, 0.15) is 11.6 Å². The highest BCUT2D eigenvalue weighted by molar-refractivity contribution is 6.01. The predicted molar refractivity (Wildman–Crippen MR) is 101 cm³/mol. The second kappa shape index (κ2) is 6.88. The molecule has 4 rings (SSSR count). The lowest BCUT2D eigenvalue weighted by atomic mass is 9.89. The molecule has 8 heteroatoms. The van der Waals surface area contributed by atoms with Gasteiger partial charge in [0.05, 0.1) is 23.4 Å². The van der Waals surface area contributed by atoms with Gasteiger partial charge >= 0.3 is 0 Å². The molecule has 3 aromatic rings. The molecule has 1 atom stereocenters. The Labute approximate surface area is 159 Å². The van der Waals surface area contributed by atoms with Gasteiger partial charge in [-0.25, -0.2) is 9.37 Å². The Kier molecular flexibility index (Phi) is 4.38. The van der Waals surface area contributed by atoms with E-state index in [-0.39, 0.29) is 30.3 Å². The molecule has 0 radical (unpaired) electrons. The Morgan fingerprint density at radius 2 is 2.04 bits per heavy atom. The number of hydrogen-bond donors (Lipinski definition) is 2. The Morgan fingerprint density at radius 1 is 1.25 bits per heavy atom. The van der Waals surface area contributed by atoms with Gasteiger partial charge in [-0.3, -0.25) is 14.4 Å². The number of halogens is 1. The second-order valence-electron chi connectivity index (χ2n) is 6.76. The largest absolute Gasteiger partial charge is 0.338 e. The van der Waals surface area contributed by atoms with E-state index < -0.39 is 11.7 Å². The molecule has 0 spiro atoms. The number of likely N-dealkylation sites (N-methyl/N-ethyl adjacent to an activating group) is 1. The number of nitrogens with zero attached hydrogens (tertiary/aromatic N) is 2. The highest BCUT2D eigenvalue weighted by atomic mass is 19.1. The van der Waals surface area contributed by atoms with Crippen molar-refractivity contribution in [1.82, 2.24) is 14.9 Å². The minimum absolute atomic E-state index is 0.0243. The van der Waals surface area contributed by atoms with Crippen molar-refractivity contribution in [3.63, 3.8) is 0 Å². The van der Waals surface area contributed by atoms with Gasteiger partial charge in [-0.2, -0.15) is 0 Å². The van der Waals surface area contributed by atoms with Crippen LogP contribution in [0, 0.1) is 5.82 Å². The first-order valence-electron chi connectivity index (χ1n) is 8.74. The molecule has 2 amide bonds. The number of hydrogen-bond acceptors (Lipinski definition) is 4. The number of aromatic nitrogens is 2. The van der Waals surface area contributed by atoms with Crippen molar-refractivity contribution in [2.24, 2.45) is 0 Å². The van der Waals surface area contributed by atoms with Crippen LogP contribution in [-0.4, -0.2) is 33.7 Å². The first-order valence-corrected chi connectivity index (χ1v) is 8.74. The molecule has 1 aromatic heterocycles. The lowest BCUT2D eigenvalue weighted by Gasteiger charge is -2.28. The van der Waals surface area contributed by atoms with Crippen LogP contribution in [0.4, 0.5) is 10.1 Å². The van der Waals surface area contributed by atoms with Crippen LogP contribution in [0.5, 0.6) is 0 Å². The van der Waals surface area contributed by atoms with Crippen LogP contribution < -0.4 is 10.9 Å². The summed E-state index contributed by atoms with van der Waals surface area (Å²) in [4.78, 5) is 45.6. The van der Waals surface area contributed by atoms with Crippen LogP contribution in [0.25, 0.3) is 10.9 Å². The SMILES string of the molecule is CN(Cc1nc2ccccc2c(=O)[nH]1)C(=O)C1CC(=O)Nc2cc(F)ccc21. The van der Waals surface area contributed by atoms with Gasteiger partial charge in [-0.05, 0) is 29.8 Å². The van der Waals surface area contributed by atoms with E-state index in [1.54, 1.807) is 31.3 Å². The third-order valence-corrected chi connectivity index (χ3v) is 4.78. The molecular formula is C20H17FN4O3. The van der Waals surface area contributed by atoms with Gasteiger partial charge in [-0.15, -0.1) is 0 Å². The quantitative estimate of drug-likeness (QED) is 0.728. The summed E-state index contributed by atoms with van der Waals surface area (Å²) in [5.41, 5.74) is 1.14. The van der Waals surface area contributed by atoms with E-state index >= 15 is 0 Å². The van der Waals surface area contributed by atoms with Crippen molar-refractivity contribution in [2.45, 2.75) is 18.9 Å². The molecule has 0 saturated carbocycles. The first-order chi connectivity index (χ1) is 13.4. The molecule has 142 valence electrons. The van der Waals surface area contributed by atoms with Crippen molar-refractivity contribution in [2.75, 3.05) is 12.4 Å². The number of para-hydroxylation sites is 1. The normalized spacial score (nSPS) is 15.8. The maximum Gasteiger partial charge on any atom is 0.258 e. The topological polar surface area (TPSA) is 95.2 Å². The van der Waals surface area contributed by atoms with Crippen molar-refractivity contribution in [3.8, 4) is 0 Å².